The Morgan fingerprint density at radius 2 is 2.00 bits per heavy atom. The average molecular weight is 210 g/mol. The molecule has 2 atom stereocenters. The van der Waals surface area contributed by atoms with Crippen LogP contribution in [-0.2, 0) is 0 Å². The number of nitrogens with zero attached hydrogens (tertiary/aromatic N) is 1. The van der Waals surface area contributed by atoms with E-state index in [0.717, 1.165) is 12.8 Å². The highest BCUT2D eigenvalue weighted by molar-refractivity contribution is 4.89. The standard InChI is InChI=1S/C9H17F3N2/c1-2-14(6-9(10,11)12)8-4-3-7(8)5-13/h7-8H,2-6,13H2,1H3. The van der Waals surface area contributed by atoms with Crippen LogP contribution in [-0.4, -0.2) is 36.8 Å². The van der Waals surface area contributed by atoms with Gasteiger partial charge in [-0.05, 0) is 31.8 Å². The largest absolute Gasteiger partial charge is 0.401 e. The van der Waals surface area contributed by atoms with Crippen LogP contribution in [0.4, 0.5) is 13.2 Å². The van der Waals surface area contributed by atoms with Gasteiger partial charge >= 0.3 is 6.18 Å². The SMILES string of the molecule is CCN(CC(F)(F)F)C1CCC1CN. The molecule has 0 aliphatic heterocycles. The topological polar surface area (TPSA) is 29.3 Å². The van der Waals surface area contributed by atoms with Gasteiger partial charge in [-0.15, -0.1) is 0 Å². The highest BCUT2D eigenvalue weighted by Crippen LogP contribution is 2.32. The first-order valence-corrected chi connectivity index (χ1v) is 4.98. The van der Waals surface area contributed by atoms with Gasteiger partial charge in [-0.1, -0.05) is 6.92 Å². The van der Waals surface area contributed by atoms with Crippen LogP contribution < -0.4 is 5.73 Å². The Balaban J connectivity index is 2.46. The molecule has 1 saturated carbocycles. The minimum Gasteiger partial charge on any atom is -0.330 e. The van der Waals surface area contributed by atoms with Crippen molar-refractivity contribution in [3.63, 3.8) is 0 Å². The molecule has 0 aromatic rings. The van der Waals surface area contributed by atoms with Crippen LogP contribution >= 0.6 is 0 Å². The fraction of sp³-hybridized carbons (Fsp3) is 1.00. The molecule has 0 spiro atoms. The zero-order valence-corrected chi connectivity index (χ0v) is 8.35. The maximum Gasteiger partial charge on any atom is 0.401 e. The highest BCUT2D eigenvalue weighted by atomic mass is 19.4. The summed E-state index contributed by atoms with van der Waals surface area (Å²) in [7, 11) is 0. The van der Waals surface area contributed by atoms with Gasteiger partial charge in [0, 0.05) is 6.04 Å². The van der Waals surface area contributed by atoms with Gasteiger partial charge in [0.2, 0.25) is 0 Å². The Kier molecular flexibility index (Phi) is 3.78. The molecule has 0 heterocycles. The van der Waals surface area contributed by atoms with E-state index in [4.69, 9.17) is 5.73 Å². The van der Waals surface area contributed by atoms with Gasteiger partial charge in [0.15, 0.2) is 0 Å². The van der Waals surface area contributed by atoms with Gasteiger partial charge in [-0.3, -0.25) is 4.90 Å². The molecule has 0 saturated heterocycles. The highest BCUT2D eigenvalue weighted by Gasteiger charge is 2.39. The Morgan fingerprint density at radius 3 is 2.29 bits per heavy atom. The van der Waals surface area contributed by atoms with Crippen LogP contribution in [0.1, 0.15) is 19.8 Å². The maximum absolute atomic E-state index is 12.2. The van der Waals surface area contributed by atoms with Gasteiger partial charge in [-0.25, -0.2) is 0 Å². The quantitative estimate of drug-likeness (QED) is 0.763. The summed E-state index contributed by atoms with van der Waals surface area (Å²) >= 11 is 0. The first-order valence-electron chi connectivity index (χ1n) is 4.98. The molecule has 2 unspecified atom stereocenters. The predicted molar refractivity (Wildman–Crippen MR) is 48.9 cm³/mol. The summed E-state index contributed by atoms with van der Waals surface area (Å²) in [6.07, 6.45) is -2.27. The van der Waals surface area contributed by atoms with Crippen molar-refractivity contribution in [1.29, 1.82) is 0 Å². The molecule has 0 radical (unpaired) electrons. The van der Waals surface area contributed by atoms with Crippen molar-refractivity contribution in [1.82, 2.24) is 4.90 Å². The Bertz CT molecular complexity index is 179. The lowest BCUT2D eigenvalue weighted by Gasteiger charge is -2.43. The molecule has 84 valence electrons. The first kappa shape index (κ1) is 11.8. The van der Waals surface area contributed by atoms with Gasteiger partial charge < -0.3 is 5.73 Å². The fourth-order valence-corrected chi connectivity index (χ4v) is 2.00. The maximum atomic E-state index is 12.2. The third-order valence-electron chi connectivity index (χ3n) is 2.94. The lowest BCUT2D eigenvalue weighted by Crippen LogP contribution is -2.52. The van der Waals surface area contributed by atoms with E-state index in [2.05, 4.69) is 0 Å². The van der Waals surface area contributed by atoms with Crippen molar-refractivity contribution in [3.8, 4) is 0 Å². The summed E-state index contributed by atoms with van der Waals surface area (Å²) in [6.45, 7) is 1.90. The molecule has 0 bridgehead atoms. The van der Waals surface area contributed by atoms with Crippen LogP contribution in [0.3, 0.4) is 0 Å². The lowest BCUT2D eigenvalue weighted by molar-refractivity contribution is -0.157. The van der Waals surface area contributed by atoms with E-state index < -0.39 is 12.7 Å². The summed E-state index contributed by atoms with van der Waals surface area (Å²) < 4.78 is 36.5. The first-order chi connectivity index (χ1) is 6.48. The fourth-order valence-electron chi connectivity index (χ4n) is 2.00. The molecule has 1 rings (SSSR count). The molecule has 1 aliphatic rings. The second-order valence-electron chi connectivity index (χ2n) is 3.82. The van der Waals surface area contributed by atoms with Crippen LogP contribution in [0.15, 0.2) is 0 Å². The van der Waals surface area contributed by atoms with Crippen molar-refractivity contribution in [2.45, 2.75) is 32.0 Å². The van der Waals surface area contributed by atoms with Gasteiger partial charge in [0.25, 0.3) is 0 Å². The molecule has 1 aliphatic carbocycles. The smallest absolute Gasteiger partial charge is 0.330 e. The van der Waals surface area contributed by atoms with E-state index in [0.29, 0.717) is 13.1 Å². The number of alkyl halides is 3. The molecule has 1 fully saturated rings. The minimum absolute atomic E-state index is 0.0478. The zero-order chi connectivity index (χ0) is 10.8. The number of halogens is 3. The third kappa shape index (κ3) is 2.85. The van der Waals surface area contributed by atoms with Crippen molar-refractivity contribution < 1.29 is 13.2 Å². The summed E-state index contributed by atoms with van der Waals surface area (Å²) in [6, 6.07) is 0.0478. The second kappa shape index (κ2) is 4.49. The molecule has 5 heteroatoms. The molecule has 0 aromatic carbocycles. The van der Waals surface area contributed by atoms with Crippen molar-refractivity contribution in [2.24, 2.45) is 11.7 Å². The van der Waals surface area contributed by atoms with Gasteiger partial charge in [0.1, 0.15) is 0 Å². The minimum atomic E-state index is -4.09. The predicted octanol–water partition coefficient (Wildman–Crippen LogP) is 1.61. The molecule has 14 heavy (non-hydrogen) atoms. The number of nitrogens with two attached hydrogens (primary N) is 1. The Morgan fingerprint density at radius 1 is 1.36 bits per heavy atom. The monoisotopic (exact) mass is 210 g/mol. The Labute approximate surface area is 82.2 Å². The molecule has 0 amide bonds. The van der Waals surface area contributed by atoms with Gasteiger partial charge in [0.05, 0.1) is 6.54 Å². The van der Waals surface area contributed by atoms with E-state index in [1.165, 1.54) is 4.90 Å². The van der Waals surface area contributed by atoms with Crippen LogP contribution in [0.2, 0.25) is 0 Å². The van der Waals surface area contributed by atoms with Crippen molar-refractivity contribution >= 4 is 0 Å². The summed E-state index contributed by atoms with van der Waals surface area (Å²) in [4.78, 5) is 1.49. The number of hydrogen-bond acceptors (Lipinski definition) is 2. The van der Waals surface area contributed by atoms with Gasteiger partial charge in [-0.2, -0.15) is 13.2 Å². The summed E-state index contributed by atoms with van der Waals surface area (Å²) in [5.41, 5.74) is 5.47. The molecule has 0 aromatic heterocycles. The normalized spacial score (nSPS) is 27.9. The number of rotatable bonds is 4. The third-order valence-corrected chi connectivity index (χ3v) is 2.94. The number of hydrogen-bond donors (Lipinski definition) is 1. The van der Waals surface area contributed by atoms with Crippen LogP contribution in [0.25, 0.3) is 0 Å². The zero-order valence-electron chi connectivity index (χ0n) is 8.35. The van der Waals surface area contributed by atoms with E-state index in [1.807, 2.05) is 0 Å². The summed E-state index contributed by atoms with van der Waals surface area (Å²) in [5, 5.41) is 0. The van der Waals surface area contributed by atoms with Crippen LogP contribution in [0.5, 0.6) is 0 Å². The van der Waals surface area contributed by atoms with Crippen molar-refractivity contribution in [3.05, 3.63) is 0 Å². The molecule has 2 N–H and O–H groups in total. The average Bonchev–Trinajstić information content (AvgIpc) is 1.99. The summed E-state index contributed by atoms with van der Waals surface area (Å²) in [5.74, 6) is 0.261. The van der Waals surface area contributed by atoms with E-state index in [-0.39, 0.29) is 12.0 Å². The molecular formula is C9H17F3N2. The van der Waals surface area contributed by atoms with Crippen LogP contribution in [0, 0.1) is 5.92 Å². The second-order valence-corrected chi connectivity index (χ2v) is 3.82. The molecular weight excluding hydrogens is 193 g/mol. The van der Waals surface area contributed by atoms with E-state index in [9.17, 15) is 13.2 Å². The lowest BCUT2D eigenvalue weighted by atomic mass is 9.78. The van der Waals surface area contributed by atoms with Crippen molar-refractivity contribution in [2.75, 3.05) is 19.6 Å². The Hall–Kier alpha value is -0.290. The molecule has 2 nitrogen and oxygen atoms in total. The van der Waals surface area contributed by atoms with E-state index in [1.54, 1.807) is 6.92 Å². The van der Waals surface area contributed by atoms with E-state index >= 15 is 0 Å².